The number of hydrogen-bond acceptors (Lipinski definition) is 3. The summed E-state index contributed by atoms with van der Waals surface area (Å²) in [6.45, 7) is 2.18. The molecule has 0 aliphatic heterocycles. The normalized spacial score (nSPS) is 10.8. The van der Waals surface area contributed by atoms with Gasteiger partial charge in [-0.05, 0) is 72.1 Å². The van der Waals surface area contributed by atoms with E-state index in [1.54, 1.807) is 48.5 Å². The van der Waals surface area contributed by atoms with Crippen LogP contribution in [-0.4, -0.2) is 12.1 Å². The maximum atomic E-state index is 13.2. The standard InChI is InChI=1S/C22H18ClFN2O2/c1-15-5-10-20(21(23)11-15)22(27)26-25-13-16-6-8-19(9-7-16)28-14-17-3-2-4-18(24)12-17/h2-13H,14H2,1H3,(H,26,27)/b25-13-. The van der Waals surface area contributed by atoms with Gasteiger partial charge in [-0.1, -0.05) is 29.8 Å². The molecule has 0 aliphatic rings. The number of amides is 1. The summed E-state index contributed by atoms with van der Waals surface area (Å²) in [7, 11) is 0. The number of nitrogens with one attached hydrogen (secondary N) is 1. The van der Waals surface area contributed by atoms with Gasteiger partial charge in [0.1, 0.15) is 18.2 Å². The number of hydrogen-bond donors (Lipinski definition) is 1. The highest BCUT2D eigenvalue weighted by atomic mass is 35.5. The first-order valence-corrected chi connectivity index (χ1v) is 8.96. The van der Waals surface area contributed by atoms with Crippen molar-refractivity contribution in [3.8, 4) is 5.75 Å². The smallest absolute Gasteiger partial charge is 0.272 e. The van der Waals surface area contributed by atoms with Gasteiger partial charge in [-0.15, -0.1) is 0 Å². The first-order chi connectivity index (χ1) is 13.5. The van der Waals surface area contributed by atoms with Crippen LogP contribution in [-0.2, 0) is 6.61 Å². The molecule has 3 aromatic carbocycles. The van der Waals surface area contributed by atoms with Crippen molar-refractivity contribution in [2.75, 3.05) is 0 Å². The van der Waals surface area contributed by atoms with Crippen LogP contribution in [0, 0.1) is 12.7 Å². The van der Waals surface area contributed by atoms with Crippen molar-refractivity contribution in [2.24, 2.45) is 5.10 Å². The topological polar surface area (TPSA) is 50.7 Å². The summed E-state index contributed by atoms with van der Waals surface area (Å²) in [5, 5.41) is 4.33. The Morgan fingerprint density at radius 2 is 1.93 bits per heavy atom. The average molecular weight is 397 g/mol. The van der Waals surface area contributed by atoms with E-state index in [1.807, 2.05) is 13.0 Å². The minimum atomic E-state index is -0.378. The van der Waals surface area contributed by atoms with Gasteiger partial charge in [0.15, 0.2) is 0 Å². The van der Waals surface area contributed by atoms with Gasteiger partial charge >= 0.3 is 0 Å². The molecule has 1 N–H and O–H groups in total. The molecule has 3 rings (SSSR count). The van der Waals surface area contributed by atoms with Gasteiger partial charge in [-0.25, -0.2) is 9.82 Å². The Balaban J connectivity index is 1.54. The third-order valence-corrected chi connectivity index (χ3v) is 4.24. The number of carbonyl (C=O) groups excluding carboxylic acids is 1. The van der Waals surface area contributed by atoms with Crippen molar-refractivity contribution < 1.29 is 13.9 Å². The lowest BCUT2D eigenvalue weighted by Gasteiger charge is -2.06. The number of halogens is 2. The van der Waals surface area contributed by atoms with Crippen molar-refractivity contribution in [1.82, 2.24) is 5.43 Å². The highest BCUT2D eigenvalue weighted by Crippen LogP contribution is 2.17. The van der Waals surface area contributed by atoms with E-state index in [-0.39, 0.29) is 18.3 Å². The Kier molecular flexibility index (Phi) is 6.40. The molecule has 0 spiro atoms. The lowest BCUT2D eigenvalue weighted by atomic mass is 10.1. The molecule has 0 unspecified atom stereocenters. The van der Waals surface area contributed by atoms with Gasteiger partial charge in [0, 0.05) is 0 Å². The zero-order valence-corrected chi connectivity index (χ0v) is 15.9. The van der Waals surface area contributed by atoms with Gasteiger partial charge in [0.2, 0.25) is 0 Å². The maximum Gasteiger partial charge on any atom is 0.272 e. The van der Waals surface area contributed by atoms with E-state index in [9.17, 15) is 9.18 Å². The highest BCUT2D eigenvalue weighted by molar-refractivity contribution is 6.33. The van der Waals surface area contributed by atoms with Crippen LogP contribution in [0.15, 0.2) is 71.8 Å². The van der Waals surface area contributed by atoms with E-state index in [1.165, 1.54) is 18.3 Å². The van der Waals surface area contributed by atoms with E-state index in [4.69, 9.17) is 16.3 Å². The molecule has 0 aromatic heterocycles. The molecule has 4 nitrogen and oxygen atoms in total. The molecule has 0 radical (unpaired) electrons. The summed E-state index contributed by atoms with van der Waals surface area (Å²) in [5.41, 5.74) is 5.33. The monoisotopic (exact) mass is 396 g/mol. The lowest BCUT2D eigenvalue weighted by molar-refractivity contribution is 0.0955. The number of hydrazone groups is 1. The molecule has 28 heavy (non-hydrogen) atoms. The van der Waals surface area contributed by atoms with Crippen LogP contribution in [0.25, 0.3) is 0 Å². The molecular weight excluding hydrogens is 379 g/mol. The Labute approximate surface area is 167 Å². The van der Waals surface area contributed by atoms with E-state index in [2.05, 4.69) is 10.5 Å². The third-order valence-electron chi connectivity index (χ3n) is 3.92. The SMILES string of the molecule is Cc1ccc(C(=O)N/N=C\c2ccc(OCc3cccc(F)c3)cc2)c(Cl)c1. The Bertz CT molecular complexity index is 1000. The molecule has 3 aromatic rings. The minimum Gasteiger partial charge on any atom is -0.489 e. The molecule has 0 saturated heterocycles. The largest absolute Gasteiger partial charge is 0.489 e. The van der Waals surface area contributed by atoms with E-state index in [0.717, 1.165) is 16.7 Å². The predicted octanol–water partition coefficient (Wildman–Crippen LogP) is 5.13. The van der Waals surface area contributed by atoms with Gasteiger partial charge < -0.3 is 4.74 Å². The summed E-state index contributed by atoms with van der Waals surface area (Å²) in [4.78, 5) is 12.1. The minimum absolute atomic E-state index is 0.276. The van der Waals surface area contributed by atoms with Gasteiger partial charge in [-0.3, -0.25) is 4.79 Å². The fourth-order valence-electron chi connectivity index (χ4n) is 2.47. The van der Waals surface area contributed by atoms with Gasteiger partial charge in [0.25, 0.3) is 5.91 Å². The molecule has 0 heterocycles. The molecule has 0 fully saturated rings. The van der Waals surface area contributed by atoms with Gasteiger partial charge in [0.05, 0.1) is 16.8 Å². The molecule has 6 heteroatoms. The summed E-state index contributed by atoms with van der Waals surface area (Å²) in [6.07, 6.45) is 1.52. The van der Waals surface area contributed by atoms with Crippen LogP contribution in [0.4, 0.5) is 4.39 Å². The van der Waals surface area contributed by atoms with Crippen LogP contribution < -0.4 is 10.2 Å². The van der Waals surface area contributed by atoms with Crippen LogP contribution in [0.2, 0.25) is 5.02 Å². The van der Waals surface area contributed by atoms with E-state index in [0.29, 0.717) is 16.3 Å². The fraction of sp³-hybridized carbons (Fsp3) is 0.0909. The quantitative estimate of drug-likeness (QED) is 0.464. The number of carbonyl (C=O) groups is 1. The van der Waals surface area contributed by atoms with Crippen molar-refractivity contribution in [2.45, 2.75) is 13.5 Å². The van der Waals surface area contributed by atoms with Crippen molar-refractivity contribution in [3.63, 3.8) is 0 Å². The summed E-state index contributed by atoms with van der Waals surface area (Å²) in [5.74, 6) is -0.0187. The zero-order valence-electron chi connectivity index (χ0n) is 15.2. The predicted molar refractivity (Wildman–Crippen MR) is 108 cm³/mol. The van der Waals surface area contributed by atoms with Crippen molar-refractivity contribution in [3.05, 3.63) is 99.8 Å². The number of benzene rings is 3. The zero-order chi connectivity index (χ0) is 19.9. The fourth-order valence-corrected chi connectivity index (χ4v) is 2.79. The van der Waals surface area contributed by atoms with Crippen molar-refractivity contribution >= 4 is 23.7 Å². The van der Waals surface area contributed by atoms with Crippen LogP contribution in [0.3, 0.4) is 0 Å². The second-order valence-electron chi connectivity index (χ2n) is 6.17. The van der Waals surface area contributed by atoms with Gasteiger partial charge in [-0.2, -0.15) is 5.10 Å². The Morgan fingerprint density at radius 1 is 1.14 bits per heavy atom. The first kappa shape index (κ1) is 19.6. The second kappa shape index (κ2) is 9.15. The lowest BCUT2D eigenvalue weighted by Crippen LogP contribution is -2.18. The molecule has 0 saturated carbocycles. The molecule has 0 atom stereocenters. The molecule has 0 bridgehead atoms. The van der Waals surface area contributed by atoms with Crippen LogP contribution >= 0.6 is 11.6 Å². The Morgan fingerprint density at radius 3 is 2.64 bits per heavy atom. The summed E-state index contributed by atoms with van der Waals surface area (Å²) >= 11 is 6.07. The number of rotatable bonds is 6. The first-order valence-electron chi connectivity index (χ1n) is 8.58. The summed E-state index contributed by atoms with van der Waals surface area (Å²) in [6, 6.07) is 18.6. The highest BCUT2D eigenvalue weighted by Gasteiger charge is 2.09. The number of aryl methyl sites for hydroxylation is 1. The van der Waals surface area contributed by atoms with Crippen LogP contribution in [0.5, 0.6) is 5.75 Å². The second-order valence-corrected chi connectivity index (χ2v) is 6.58. The summed E-state index contributed by atoms with van der Waals surface area (Å²) < 4.78 is 18.8. The van der Waals surface area contributed by atoms with E-state index >= 15 is 0 Å². The van der Waals surface area contributed by atoms with E-state index < -0.39 is 0 Å². The number of ether oxygens (including phenoxy) is 1. The average Bonchev–Trinajstić information content (AvgIpc) is 2.67. The molecule has 142 valence electrons. The Hall–Kier alpha value is -3.18. The maximum absolute atomic E-state index is 13.2. The third kappa shape index (κ3) is 5.41. The number of nitrogens with zero attached hydrogens (tertiary/aromatic N) is 1. The van der Waals surface area contributed by atoms with Crippen molar-refractivity contribution in [1.29, 1.82) is 0 Å². The molecule has 1 amide bonds. The molecular formula is C22H18ClFN2O2. The van der Waals surface area contributed by atoms with Crippen LogP contribution in [0.1, 0.15) is 27.0 Å². The molecule has 0 aliphatic carbocycles.